The molecule has 0 bridgehead atoms. The van der Waals surface area contributed by atoms with Crippen molar-refractivity contribution in [3.63, 3.8) is 0 Å². The van der Waals surface area contributed by atoms with E-state index in [1.54, 1.807) is 0 Å². The van der Waals surface area contributed by atoms with E-state index in [9.17, 15) is 10.1 Å². The average molecular weight is 302 g/mol. The molecule has 19 heavy (non-hydrogen) atoms. The van der Waals surface area contributed by atoms with E-state index in [4.69, 9.17) is 11.6 Å². The summed E-state index contributed by atoms with van der Waals surface area (Å²) >= 11 is 7.76. The molecule has 0 amide bonds. The maximum absolute atomic E-state index is 11.1. The zero-order valence-electron chi connectivity index (χ0n) is 10.9. The summed E-state index contributed by atoms with van der Waals surface area (Å²) in [5, 5.41) is 11.4. The normalized spacial score (nSPS) is 19.0. The van der Waals surface area contributed by atoms with Gasteiger partial charge in [-0.1, -0.05) is 25.4 Å². The number of hydrogen-bond acceptors (Lipinski definition) is 5. The maximum Gasteiger partial charge on any atom is 0.311 e. The van der Waals surface area contributed by atoms with Crippen molar-refractivity contribution in [2.24, 2.45) is 0 Å². The first-order chi connectivity index (χ1) is 8.89. The summed E-state index contributed by atoms with van der Waals surface area (Å²) in [6.45, 7) is 5.90. The van der Waals surface area contributed by atoms with Gasteiger partial charge in [0.1, 0.15) is 5.15 Å². The fourth-order valence-corrected chi connectivity index (χ4v) is 3.27. The van der Waals surface area contributed by atoms with Crippen LogP contribution in [0.3, 0.4) is 0 Å². The van der Waals surface area contributed by atoms with Gasteiger partial charge in [0.15, 0.2) is 0 Å². The van der Waals surface area contributed by atoms with Crippen LogP contribution in [0.5, 0.6) is 0 Å². The van der Waals surface area contributed by atoms with Crippen LogP contribution in [0.1, 0.15) is 20.3 Å². The molecule has 1 aromatic rings. The second-order valence-electron chi connectivity index (χ2n) is 5.08. The Morgan fingerprint density at radius 2 is 2.21 bits per heavy atom. The van der Waals surface area contributed by atoms with E-state index in [-0.39, 0.29) is 15.6 Å². The second-order valence-corrected chi connectivity index (χ2v) is 7.27. The van der Waals surface area contributed by atoms with Gasteiger partial charge >= 0.3 is 5.69 Å². The molecule has 1 fully saturated rings. The lowest BCUT2D eigenvalue weighted by Crippen LogP contribution is -2.28. The smallest absolute Gasteiger partial charge is 0.311 e. The third-order valence-electron chi connectivity index (χ3n) is 3.15. The van der Waals surface area contributed by atoms with Gasteiger partial charge in [-0.3, -0.25) is 10.1 Å². The molecule has 1 aromatic heterocycles. The van der Waals surface area contributed by atoms with Crippen molar-refractivity contribution >= 4 is 34.9 Å². The lowest BCUT2D eigenvalue weighted by atomic mass is 10.1. The highest BCUT2D eigenvalue weighted by Gasteiger charge is 2.28. The maximum atomic E-state index is 11.1. The summed E-state index contributed by atoms with van der Waals surface area (Å²) in [4.78, 5) is 16.8. The van der Waals surface area contributed by atoms with E-state index >= 15 is 0 Å². The molecule has 2 rings (SSSR count). The van der Waals surface area contributed by atoms with Crippen LogP contribution in [0.4, 0.5) is 11.5 Å². The molecule has 1 aliphatic heterocycles. The van der Waals surface area contributed by atoms with Crippen molar-refractivity contribution < 1.29 is 4.92 Å². The predicted octanol–water partition coefficient (Wildman–Crippen LogP) is 3.37. The fraction of sp³-hybridized carbons (Fsp3) is 0.583. The molecule has 5 nitrogen and oxygen atoms in total. The lowest BCUT2D eigenvalue weighted by molar-refractivity contribution is -0.384. The Labute approximate surface area is 121 Å². The number of anilines is 1. The number of thioether (sulfide) groups is 1. The van der Waals surface area contributed by atoms with Gasteiger partial charge in [-0.2, -0.15) is 11.8 Å². The molecule has 0 atom stereocenters. The van der Waals surface area contributed by atoms with Gasteiger partial charge in [0, 0.05) is 29.7 Å². The molecule has 0 saturated carbocycles. The summed E-state index contributed by atoms with van der Waals surface area (Å²) in [6, 6.07) is 2.88. The van der Waals surface area contributed by atoms with Crippen LogP contribution in [-0.2, 0) is 0 Å². The number of halogens is 1. The number of hydrogen-bond donors (Lipinski definition) is 0. The summed E-state index contributed by atoms with van der Waals surface area (Å²) in [5.74, 6) is 1.31. The average Bonchev–Trinajstić information content (AvgIpc) is 2.49. The van der Waals surface area contributed by atoms with Crippen LogP contribution in [0.2, 0.25) is 5.15 Å². The van der Waals surface area contributed by atoms with Crippen LogP contribution >= 0.6 is 23.4 Å². The zero-order valence-corrected chi connectivity index (χ0v) is 12.5. The van der Waals surface area contributed by atoms with Gasteiger partial charge in [-0.05, 0) is 12.5 Å². The first-order valence-electron chi connectivity index (χ1n) is 6.09. The van der Waals surface area contributed by atoms with Crippen molar-refractivity contribution in [2.45, 2.75) is 25.0 Å². The standard InChI is InChI=1S/C12H16ClN3O2S/c1-12(2)5-6-15(7-8-19-12)11-9(16(17)18)3-4-10(13)14-11/h3-4H,5-8H2,1-2H3. The number of rotatable bonds is 2. The van der Waals surface area contributed by atoms with Crippen LogP contribution in [0.25, 0.3) is 0 Å². The number of nitro groups is 1. The van der Waals surface area contributed by atoms with Gasteiger partial charge in [0.05, 0.1) is 4.92 Å². The summed E-state index contributed by atoms with van der Waals surface area (Å²) in [7, 11) is 0. The molecule has 1 saturated heterocycles. The van der Waals surface area contributed by atoms with Crippen molar-refractivity contribution in [3.05, 3.63) is 27.4 Å². The summed E-state index contributed by atoms with van der Waals surface area (Å²) in [6.07, 6.45) is 0.961. The van der Waals surface area contributed by atoms with Crippen LogP contribution in [0.15, 0.2) is 12.1 Å². The highest BCUT2D eigenvalue weighted by atomic mass is 35.5. The number of pyridine rings is 1. The molecule has 7 heteroatoms. The Bertz CT molecular complexity index is 496. The van der Waals surface area contributed by atoms with Gasteiger partial charge < -0.3 is 4.90 Å². The van der Waals surface area contributed by atoms with Crippen molar-refractivity contribution in [1.29, 1.82) is 0 Å². The zero-order chi connectivity index (χ0) is 14.0. The van der Waals surface area contributed by atoms with Gasteiger partial charge in [0.25, 0.3) is 0 Å². The molecular formula is C12H16ClN3O2S. The first kappa shape index (κ1) is 14.4. The van der Waals surface area contributed by atoms with E-state index in [0.29, 0.717) is 5.82 Å². The van der Waals surface area contributed by atoms with Crippen LogP contribution in [0, 0.1) is 10.1 Å². The number of nitrogens with zero attached hydrogens (tertiary/aromatic N) is 3. The highest BCUT2D eigenvalue weighted by Crippen LogP contribution is 2.34. The fourth-order valence-electron chi connectivity index (χ4n) is 2.03. The minimum Gasteiger partial charge on any atom is -0.350 e. The molecule has 2 heterocycles. The van der Waals surface area contributed by atoms with E-state index in [2.05, 4.69) is 18.8 Å². The summed E-state index contributed by atoms with van der Waals surface area (Å²) < 4.78 is 0.197. The Balaban J connectivity index is 2.30. The van der Waals surface area contributed by atoms with E-state index in [1.165, 1.54) is 12.1 Å². The largest absolute Gasteiger partial charge is 0.350 e. The third-order valence-corrected chi connectivity index (χ3v) is 4.74. The Hall–Kier alpha value is -1.01. The Morgan fingerprint density at radius 1 is 1.47 bits per heavy atom. The molecule has 104 valence electrons. The SMILES string of the molecule is CC1(C)CCN(c2nc(Cl)ccc2[N+](=O)[O-])CCS1. The van der Waals surface area contributed by atoms with E-state index in [1.807, 2.05) is 16.7 Å². The third kappa shape index (κ3) is 3.51. The molecule has 1 aliphatic rings. The molecule has 0 aliphatic carbocycles. The van der Waals surface area contributed by atoms with Gasteiger partial charge in [0.2, 0.25) is 5.82 Å². The van der Waals surface area contributed by atoms with E-state index in [0.717, 1.165) is 25.3 Å². The van der Waals surface area contributed by atoms with Crippen LogP contribution < -0.4 is 4.90 Å². The van der Waals surface area contributed by atoms with Crippen molar-refractivity contribution in [3.8, 4) is 0 Å². The molecule has 0 N–H and O–H groups in total. The van der Waals surface area contributed by atoms with E-state index < -0.39 is 4.92 Å². The molecule has 0 spiro atoms. The van der Waals surface area contributed by atoms with Crippen LogP contribution in [-0.4, -0.2) is 33.5 Å². The van der Waals surface area contributed by atoms with Crippen molar-refractivity contribution in [2.75, 3.05) is 23.7 Å². The minimum absolute atomic E-state index is 0.0223. The summed E-state index contributed by atoms with van der Waals surface area (Å²) in [5.41, 5.74) is 0.0223. The Kier molecular flexibility index (Phi) is 4.20. The highest BCUT2D eigenvalue weighted by molar-refractivity contribution is 8.00. The van der Waals surface area contributed by atoms with Gasteiger partial charge in [-0.15, -0.1) is 0 Å². The number of aromatic nitrogens is 1. The quantitative estimate of drug-likeness (QED) is 0.476. The Morgan fingerprint density at radius 3 is 2.89 bits per heavy atom. The minimum atomic E-state index is -0.401. The molecule has 0 unspecified atom stereocenters. The molecular weight excluding hydrogens is 286 g/mol. The molecule has 0 radical (unpaired) electrons. The van der Waals surface area contributed by atoms with Crippen molar-refractivity contribution in [1.82, 2.24) is 4.98 Å². The monoisotopic (exact) mass is 301 g/mol. The lowest BCUT2D eigenvalue weighted by Gasteiger charge is -2.23. The predicted molar refractivity (Wildman–Crippen MR) is 79.3 cm³/mol. The first-order valence-corrected chi connectivity index (χ1v) is 7.45. The second kappa shape index (κ2) is 5.54. The molecule has 0 aromatic carbocycles. The topological polar surface area (TPSA) is 59.3 Å². The van der Waals surface area contributed by atoms with Gasteiger partial charge in [-0.25, -0.2) is 4.98 Å².